The molecule has 0 aromatic heterocycles. The molecular weight excluding hydrogens is 228 g/mol. The van der Waals surface area contributed by atoms with Crippen molar-refractivity contribution in [3.63, 3.8) is 0 Å². The van der Waals surface area contributed by atoms with Crippen molar-refractivity contribution in [1.82, 2.24) is 4.90 Å². The van der Waals surface area contributed by atoms with Gasteiger partial charge in [-0.2, -0.15) is 0 Å². The predicted octanol–water partition coefficient (Wildman–Crippen LogP) is 2.13. The Kier molecular flexibility index (Phi) is 3.36. The van der Waals surface area contributed by atoms with E-state index in [4.69, 9.17) is 0 Å². The first-order chi connectivity index (χ1) is 8.50. The average Bonchev–Trinajstić information content (AvgIpc) is 2.41. The Morgan fingerprint density at radius 1 is 1.28 bits per heavy atom. The third-order valence-electron chi connectivity index (χ3n) is 3.20. The minimum Gasteiger partial charge on any atom is -0.330 e. The van der Waals surface area contributed by atoms with E-state index in [0.717, 1.165) is 0 Å². The number of benzene rings is 1. The summed E-state index contributed by atoms with van der Waals surface area (Å²) in [7, 11) is 1.69. The zero-order valence-electron chi connectivity index (χ0n) is 10.9. The summed E-state index contributed by atoms with van der Waals surface area (Å²) in [6.45, 7) is 4.09. The summed E-state index contributed by atoms with van der Waals surface area (Å²) < 4.78 is 0. The molecule has 2 amide bonds. The highest BCUT2D eigenvalue weighted by molar-refractivity contribution is 6.09. The predicted molar refractivity (Wildman–Crippen MR) is 70.4 cm³/mol. The lowest BCUT2D eigenvalue weighted by Gasteiger charge is -2.25. The molecule has 0 fully saturated rings. The maximum Gasteiger partial charge on any atom is 0.256 e. The molecular formula is C14H18N2O2. The van der Waals surface area contributed by atoms with Gasteiger partial charge < -0.3 is 10.2 Å². The Hall–Kier alpha value is -1.84. The second-order valence-corrected chi connectivity index (χ2v) is 5.10. The average molecular weight is 246 g/mol. The minimum atomic E-state index is -0.398. The van der Waals surface area contributed by atoms with E-state index in [1.165, 1.54) is 0 Å². The fraction of sp³-hybridized carbons (Fsp3) is 0.429. The van der Waals surface area contributed by atoms with Crippen molar-refractivity contribution in [2.45, 2.75) is 26.3 Å². The van der Waals surface area contributed by atoms with Crippen molar-refractivity contribution in [3.8, 4) is 0 Å². The number of nitrogens with one attached hydrogen (secondary N) is 1. The van der Waals surface area contributed by atoms with Crippen molar-refractivity contribution in [2.75, 3.05) is 12.4 Å². The Balaban J connectivity index is 2.38. The largest absolute Gasteiger partial charge is 0.330 e. The molecule has 2 rings (SSSR count). The lowest BCUT2D eigenvalue weighted by molar-refractivity contribution is -0.120. The van der Waals surface area contributed by atoms with E-state index in [2.05, 4.69) is 5.32 Å². The molecule has 1 heterocycles. The third kappa shape index (κ3) is 2.23. The number of fused-ring (bicyclic) bond motifs is 1. The maximum absolute atomic E-state index is 12.3. The van der Waals surface area contributed by atoms with Gasteiger partial charge in [-0.05, 0) is 24.5 Å². The molecule has 1 aromatic rings. The summed E-state index contributed by atoms with van der Waals surface area (Å²) in [5.41, 5.74) is 1.16. The number of nitrogens with zero attached hydrogens (tertiary/aromatic N) is 1. The van der Waals surface area contributed by atoms with E-state index in [0.29, 0.717) is 23.6 Å². The van der Waals surface area contributed by atoms with Crippen LogP contribution in [0.5, 0.6) is 0 Å². The third-order valence-corrected chi connectivity index (χ3v) is 3.20. The summed E-state index contributed by atoms with van der Waals surface area (Å²) >= 11 is 0. The second kappa shape index (κ2) is 4.80. The molecule has 4 heteroatoms. The highest BCUT2D eigenvalue weighted by Gasteiger charge is 2.32. The van der Waals surface area contributed by atoms with Gasteiger partial charge >= 0.3 is 0 Å². The zero-order chi connectivity index (χ0) is 13.3. The number of anilines is 1. The van der Waals surface area contributed by atoms with Gasteiger partial charge in [0.05, 0.1) is 11.3 Å². The standard InChI is InChI=1S/C14H18N2O2/c1-9(2)8-12-13(17)15-11-7-5-4-6-10(11)14(18)16(12)3/h4-7,9,12H,8H2,1-3H3,(H,15,17). The topological polar surface area (TPSA) is 49.4 Å². The molecule has 96 valence electrons. The molecule has 1 aliphatic heterocycles. The smallest absolute Gasteiger partial charge is 0.256 e. The van der Waals surface area contributed by atoms with Gasteiger partial charge in [-0.25, -0.2) is 0 Å². The minimum absolute atomic E-state index is 0.102. The van der Waals surface area contributed by atoms with Gasteiger partial charge in [0.1, 0.15) is 6.04 Å². The summed E-state index contributed by atoms with van der Waals surface area (Å²) in [5.74, 6) is 0.149. The van der Waals surface area contributed by atoms with Crippen LogP contribution >= 0.6 is 0 Å². The molecule has 4 nitrogen and oxygen atoms in total. The number of likely N-dealkylation sites (N-methyl/N-ethyl adjacent to an activating group) is 1. The van der Waals surface area contributed by atoms with E-state index in [-0.39, 0.29) is 11.8 Å². The summed E-state index contributed by atoms with van der Waals surface area (Å²) in [4.78, 5) is 26.0. The van der Waals surface area contributed by atoms with E-state index in [9.17, 15) is 9.59 Å². The van der Waals surface area contributed by atoms with Crippen LogP contribution in [-0.4, -0.2) is 29.8 Å². The monoisotopic (exact) mass is 246 g/mol. The molecule has 0 bridgehead atoms. The van der Waals surface area contributed by atoms with Crippen LogP contribution in [0.3, 0.4) is 0 Å². The van der Waals surface area contributed by atoms with Crippen molar-refractivity contribution < 1.29 is 9.59 Å². The summed E-state index contributed by atoms with van der Waals surface area (Å²) in [5, 5.41) is 2.84. The number of carbonyl (C=O) groups excluding carboxylic acids is 2. The molecule has 1 N–H and O–H groups in total. The van der Waals surface area contributed by atoms with E-state index in [1.54, 1.807) is 30.1 Å². The zero-order valence-corrected chi connectivity index (χ0v) is 10.9. The van der Waals surface area contributed by atoms with Crippen molar-refractivity contribution in [3.05, 3.63) is 29.8 Å². The number of para-hydroxylation sites is 1. The molecule has 1 atom stereocenters. The fourth-order valence-corrected chi connectivity index (χ4v) is 2.21. The number of hydrogen-bond donors (Lipinski definition) is 1. The van der Waals surface area contributed by atoms with Gasteiger partial charge in [0.25, 0.3) is 5.91 Å². The van der Waals surface area contributed by atoms with Gasteiger partial charge in [-0.1, -0.05) is 26.0 Å². The SMILES string of the molecule is CC(C)CC1C(=O)Nc2ccccc2C(=O)N1C. The Bertz CT molecular complexity index is 482. The van der Waals surface area contributed by atoms with Gasteiger partial charge in [-0.3, -0.25) is 9.59 Å². The molecule has 0 aliphatic carbocycles. The fourth-order valence-electron chi connectivity index (χ4n) is 2.21. The van der Waals surface area contributed by atoms with E-state index >= 15 is 0 Å². The normalized spacial score (nSPS) is 19.6. The number of rotatable bonds is 2. The molecule has 1 aliphatic rings. The molecule has 18 heavy (non-hydrogen) atoms. The first kappa shape index (κ1) is 12.6. The van der Waals surface area contributed by atoms with Crippen molar-refractivity contribution >= 4 is 17.5 Å². The quantitative estimate of drug-likeness (QED) is 0.869. The van der Waals surface area contributed by atoms with Crippen LogP contribution in [-0.2, 0) is 4.79 Å². The first-order valence-corrected chi connectivity index (χ1v) is 6.17. The molecule has 0 saturated heterocycles. The Morgan fingerprint density at radius 3 is 2.61 bits per heavy atom. The lowest BCUT2D eigenvalue weighted by atomic mass is 10.0. The number of carbonyl (C=O) groups is 2. The van der Waals surface area contributed by atoms with Gasteiger partial charge in [0.15, 0.2) is 0 Å². The Morgan fingerprint density at radius 2 is 1.94 bits per heavy atom. The van der Waals surface area contributed by atoms with Crippen molar-refractivity contribution in [2.24, 2.45) is 5.92 Å². The van der Waals surface area contributed by atoms with Crippen LogP contribution in [0.1, 0.15) is 30.6 Å². The van der Waals surface area contributed by atoms with Crippen LogP contribution in [0.25, 0.3) is 0 Å². The van der Waals surface area contributed by atoms with Gasteiger partial charge in [0, 0.05) is 7.05 Å². The maximum atomic E-state index is 12.3. The molecule has 1 aromatic carbocycles. The van der Waals surface area contributed by atoms with Gasteiger partial charge in [-0.15, -0.1) is 0 Å². The van der Waals surface area contributed by atoms with Gasteiger partial charge in [0.2, 0.25) is 5.91 Å². The van der Waals surface area contributed by atoms with Crippen molar-refractivity contribution in [1.29, 1.82) is 0 Å². The highest BCUT2D eigenvalue weighted by Crippen LogP contribution is 2.24. The van der Waals surface area contributed by atoms with E-state index < -0.39 is 6.04 Å². The second-order valence-electron chi connectivity index (χ2n) is 5.10. The van der Waals surface area contributed by atoms with E-state index in [1.807, 2.05) is 19.9 Å². The molecule has 1 unspecified atom stereocenters. The molecule has 0 spiro atoms. The van der Waals surface area contributed by atoms with Crippen LogP contribution < -0.4 is 5.32 Å². The summed E-state index contributed by atoms with van der Waals surface area (Å²) in [6, 6.07) is 6.72. The Labute approximate surface area is 107 Å². The number of amides is 2. The lowest BCUT2D eigenvalue weighted by Crippen LogP contribution is -2.43. The highest BCUT2D eigenvalue weighted by atomic mass is 16.2. The summed E-state index contributed by atoms with van der Waals surface area (Å²) in [6.07, 6.45) is 0.669. The molecule has 0 saturated carbocycles. The van der Waals surface area contributed by atoms with Crippen LogP contribution in [0.15, 0.2) is 24.3 Å². The molecule has 0 radical (unpaired) electrons. The van der Waals surface area contributed by atoms with Crippen LogP contribution in [0.4, 0.5) is 5.69 Å². The first-order valence-electron chi connectivity index (χ1n) is 6.17. The van der Waals surface area contributed by atoms with Crippen LogP contribution in [0.2, 0.25) is 0 Å². The number of hydrogen-bond acceptors (Lipinski definition) is 2. The van der Waals surface area contributed by atoms with Crippen LogP contribution in [0, 0.1) is 5.92 Å².